The highest BCUT2D eigenvalue weighted by molar-refractivity contribution is 6.28. The Labute approximate surface area is 92.3 Å². The van der Waals surface area contributed by atoms with Crippen LogP contribution >= 0.6 is 11.6 Å². The fourth-order valence-electron chi connectivity index (χ4n) is 1.35. The third-order valence-corrected chi connectivity index (χ3v) is 2.30. The van der Waals surface area contributed by atoms with Gasteiger partial charge in [0.25, 0.3) is 0 Å². The summed E-state index contributed by atoms with van der Waals surface area (Å²) in [5.41, 5.74) is 1.00. The number of aromatic nitrogens is 1. The van der Waals surface area contributed by atoms with Gasteiger partial charge in [0.2, 0.25) is 0 Å². The molecule has 0 aliphatic rings. The van der Waals surface area contributed by atoms with Gasteiger partial charge < -0.3 is 9.52 Å². The summed E-state index contributed by atoms with van der Waals surface area (Å²) in [5.74, 6) is 0.483. The number of furan rings is 1. The first-order valence-corrected chi connectivity index (χ1v) is 4.95. The maximum atomic E-state index is 9.81. The van der Waals surface area contributed by atoms with Gasteiger partial charge in [-0.3, -0.25) is 4.98 Å². The highest BCUT2D eigenvalue weighted by atomic mass is 35.5. The lowest BCUT2D eigenvalue weighted by molar-refractivity contribution is 0.150. The van der Waals surface area contributed by atoms with Crippen molar-refractivity contribution in [3.8, 4) is 0 Å². The van der Waals surface area contributed by atoms with Gasteiger partial charge >= 0.3 is 0 Å². The third kappa shape index (κ3) is 2.58. The predicted octanol–water partition coefficient (Wildman–Crippen LogP) is 2.60. The van der Waals surface area contributed by atoms with Crippen molar-refractivity contribution in [1.82, 2.24) is 4.98 Å². The predicted molar refractivity (Wildman–Crippen MR) is 56.6 cm³/mol. The molecular weight excluding hydrogens is 214 g/mol. The number of aliphatic hydroxyl groups is 1. The van der Waals surface area contributed by atoms with E-state index >= 15 is 0 Å². The van der Waals surface area contributed by atoms with Crippen molar-refractivity contribution in [2.24, 2.45) is 0 Å². The zero-order chi connectivity index (χ0) is 10.7. The van der Waals surface area contributed by atoms with Crippen LogP contribution in [0.5, 0.6) is 0 Å². The molecule has 0 spiro atoms. The molecule has 0 saturated carbocycles. The maximum Gasteiger partial charge on any atom is 0.193 e. The summed E-state index contributed by atoms with van der Waals surface area (Å²) < 4.78 is 5.12. The summed E-state index contributed by atoms with van der Waals surface area (Å²) in [7, 11) is 0. The molecule has 1 unspecified atom stereocenters. The second-order valence-electron chi connectivity index (χ2n) is 3.22. The highest BCUT2D eigenvalue weighted by Crippen LogP contribution is 2.22. The Morgan fingerprint density at radius 1 is 1.27 bits per heavy atom. The molecule has 0 aliphatic carbocycles. The fourth-order valence-corrected chi connectivity index (χ4v) is 1.50. The van der Waals surface area contributed by atoms with Gasteiger partial charge in [-0.1, -0.05) is 0 Å². The van der Waals surface area contributed by atoms with E-state index in [9.17, 15) is 5.11 Å². The monoisotopic (exact) mass is 223 g/mol. The van der Waals surface area contributed by atoms with Crippen LogP contribution in [0.15, 0.2) is 41.1 Å². The van der Waals surface area contributed by atoms with Crippen LogP contribution in [0.1, 0.15) is 17.4 Å². The molecule has 0 aliphatic heterocycles. The molecule has 0 fully saturated rings. The number of aliphatic hydroxyl groups excluding tert-OH is 1. The molecule has 0 bridgehead atoms. The van der Waals surface area contributed by atoms with E-state index in [2.05, 4.69) is 4.98 Å². The second kappa shape index (κ2) is 4.47. The van der Waals surface area contributed by atoms with Gasteiger partial charge in [0.1, 0.15) is 11.9 Å². The minimum Gasteiger partial charge on any atom is -0.447 e. The van der Waals surface area contributed by atoms with E-state index in [4.69, 9.17) is 16.0 Å². The van der Waals surface area contributed by atoms with Gasteiger partial charge in [0.05, 0.1) is 0 Å². The minimum atomic E-state index is -0.667. The third-order valence-electron chi connectivity index (χ3n) is 2.10. The molecule has 2 rings (SSSR count). The zero-order valence-corrected chi connectivity index (χ0v) is 8.69. The Morgan fingerprint density at radius 2 is 2.00 bits per heavy atom. The van der Waals surface area contributed by atoms with E-state index in [1.54, 1.807) is 24.5 Å². The number of pyridine rings is 1. The van der Waals surface area contributed by atoms with E-state index in [0.29, 0.717) is 17.4 Å². The molecule has 4 heteroatoms. The molecule has 1 N–H and O–H groups in total. The van der Waals surface area contributed by atoms with Crippen molar-refractivity contribution in [2.75, 3.05) is 0 Å². The van der Waals surface area contributed by atoms with E-state index < -0.39 is 6.10 Å². The zero-order valence-electron chi connectivity index (χ0n) is 7.93. The van der Waals surface area contributed by atoms with Gasteiger partial charge in [0, 0.05) is 18.8 Å². The highest BCUT2D eigenvalue weighted by Gasteiger charge is 2.12. The SMILES string of the molecule is OC(Cc1ccncc1)c1ccc(Cl)o1. The number of rotatable bonds is 3. The number of halogens is 1. The minimum absolute atomic E-state index is 0.291. The standard InChI is InChI=1S/C11H10ClNO2/c12-11-2-1-10(15-11)9(14)7-8-3-5-13-6-4-8/h1-6,9,14H,7H2. The van der Waals surface area contributed by atoms with E-state index in [1.807, 2.05) is 12.1 Å². The average Bonchev–Trinajstić information content (AvgIpc) is 2.66. The Morgan fingerprint density at radius 3 is 2.60 bits per heavy atom. The van der Waals surface area contributed by atoms with Crippen LogP contribution in [0.4, 0.5) is 0 Å². The van der Waals surface area contributed by atoms with Gasteiger partial charge in [0.15, 0.2) is 5.22 Å². The second-order valence-corrected chi connectivity index (χ2v) is 3.59. The van der Waals surface area contributed by atoms with Crippen molar-refractivity contribution in [3.63, 3.8) is 0 Å². The van der Waals surface area contributed by atoms with Crippen LogP contribution in [0.3, 0.4) is 0 Å². The number of nitrogens with zero attached hydrogens (tertiary/aromatic N) is 1. The molecule has 0 amide bonds. The molecule has 2 aromatic heterocycles. The average molecular weight is 224 g/mol. The molecule has 0 aromatic carbocycles. The summed E-state index contributed by atoms with van der Waals surface area (Å²) in [4.78, 5) is 3.90. The molecule has 2 aromatic rings. The van der Waals surface area contributed by atoms with Gasteiger partial charge in [-0.15, -0.1) is 0 Å². The molecule has 2 heterocycles. The molecule has 0 radical (unpaired) electrons. The normalized spacial score (nSPS) is 12.7. The van der Waals surface area contributed by atoms with E-state index in [1.165, 1.54) is 0 Å². The van der Waals surface area contributed by atoms with Gasteiger partial charge in [-0.25, -0.2) is 0 Å². The van der Waals surface area contributed by atoms with Gasteiger partial charge in [-0.05, 0) is 41.4 Å². The van der Waals surface area contributed by atoms with Crippen molar-refractivity contribution in [3.05, 3.63) is 53.2 Å². The van der Waals surface area contributed by atoms with Crippen LogP contribution in [-0.4, -0.2) is 10.1 Å². The van der Waals surface area contributed by atoms with Crippen molar-refractivity contribution in [2.45, 2.75) is 12.5 Å². The molecule has 3 nitrogen and oxygen atoms in total. The molecule has 1 atom stereocenters. The molecular formula is C11H10ClNO2. The van der Waals surface area contributed by atoms with E-state index in [-0.39, 0.29) is 0 Å². The molecule has 15 heavy (non-hydrogen) atoms. The Hall–Kier alpha value is -1.32. The van der Waals surface area contributed by atoms with E-state index in [0.717, 1.165) is 5.56 Å². The first kappa shape index (κ1) is 10.2. The first-order chi connectivity index (χ1) is 7.25. The smallest absolute Gasteiger partial charge is 0.193 e. The Bertz CT molecular complexity index is 427. The van der Waals surface area contributed by atoms with Crippen molar-refractivity contribution in [1.29, 1.82) is 0 Å². The Balaban J connectivity index is 2.07. The fraction of sp³-hybridized carbons (Fsp3) is 0.182. The lowest BCUT2D eigenvalue weighted by Gasteiger charge is -2.06. The lowest BCUT2D eigenvalue weighted by Crippen LogP contribution is -2.00. The summed E-state index contributed by atoms with van der Waals surface area (Å²) in [6, 6.07) is 7.00. The summed E-state index contributed by atoms with van der Waals surface area (Å²) in [5, 5.41) is 10.1. The molecule has 0 saturated heterocycles. The number of hydrogen-bond acceptors (Lipinski definition) is 3. The molecule has 78 valence electrons. The topological polar surface area (TPSA) is 46.3 Å². The first-order valence-electron chi connectivity index (χ1n) is 4.58. The summed E-state index contributed by atoms with van der Waals surface area (Å²) in [6.45, 7) is 0. The van der Waals surface area contributed by atoms with Crippen LogP contribution in [0.2, 0.25) is 5.22 Å². The summed E-state index contributed by atoms with van der Waals surface area (Å²) in [6.07, 6.45) is 3.21. The lowest BCUT2D eigenvalue weighted by atomic mass is 10.1. The van der Waals surface area contributed by atoms with Crippen molar-refractivity contribution >= 4 is 11.6 Å². The largest absolute Gasteiger partial charge is 0.447 e. The van der Waals surface area contributed by atoms with Crippen LogP contribution < -0.4 is 0 Å². The Kier molecular flexibility index (Phi) is 3.04. The quantitative estimate of drug-likeness (QED) is 0.870. The maximum absolute atomic E-state index is 9.81. The van der Waals surface area contributed by atoms with Gasteiger partial charge in [-0.2, -0.15) is 0 Å². The van der Waals surface area contributed by atoms with Crippen LogP contribution in [0, 0.1) is 0 Å². The van der Waals surface area contributed by atoms with Crippen molar-refractivity contribution < 1.29 is 9.52 Å². The van der Waals surface area contributed by atoms with Crippen LogP contribution in [0.25, 0.3) is 0 Å². The summed E-state index contributed by atoms with van der Waals surface area (Å²) >= 11 is 5.62. The number of hydrogen-bond donors (Lipinski definition) is 1. The van der Waals surface area contributed by atoms with Crippen LogP contribution in [-0.2, 0) is 6.42 Å².